The Bertz CT molecular complexity index is 1270. The second kappa shape index (κ2) is 11.1. The molecule has 0 unspecified atom stereocenters. The number of carbonyl (C=O) groups excluding carboxylic acids is 2. The highest BCUT2D eigenvalue weighted by molar-refractivity contribution is 6.05. The lowest BCUT2D eigenvalue weighted by Crippen LogP contribution is -2.38. The maximum atomic E-state index is 13.2. The molecule has 0 radical (unpaired) electrons. The van der Waals surface area contributed by atoms with Crippen LogP contribution in [0.3, 0.4) is 0 Å². The Morgan fingerprint density at radius 3 is 2.42 bits per heavy atom. The van der Waals surface area contributed by atoms with Crippen molar-refractivity contribution >= 4 is 17.5 Å². The van der Waals surface area contributed by atoms with Crippen LogP contribution in [0.15, 0.2) is 54.9 Å². The van der Waals surface area contributed by atoms with Crippen molar-refractivity contribution in [2.45, 2.75) is 46.0 Å². The zero-order chi connectivity index (χ0) is 25.7. The standard InChI is InChI=1S/C29H31N5O2/c1-19(2)14-25-9-8-24(18-31-25)28(35)33-26-15-27(32-17-20(26)3)29(36)34-12-10-23(11-13-34)22-6-4-21(16-30)5-7-22/h4-9,15,17-19,23H,10-14H2,1-3H3,(H,32,33,35). The fourth-order valence-corrected chi connectivity index (χ4v) is 4.48. The first-order valence-corrected chi connectivity index (χ1v) is 12.4. The fourth-order valence-electron chi connectivity index (χ4n) is 4.48. The lowest BCUT2D eigenvalue weighted by molar-refractivity contribution is 0.0706. The van der Waals surface area contributed by atoms with Crippen LogP contribution in [-0.2, 0) is 6.42 Å². The molecule has 3 heterocycles. The van der Waals surface area contributed by atoms with Crippen LogP contribution < -0.4 is 5.32 Å². The monoisotopic (exact) mass is 481 g/mol. The van der Waals surface area contributed by atoms with E-state index in [1.807, 2.05) is 42.2 Å². The molecule has 0 saturated carbocycles. The molecular weight excluding hydrogens is 450 g/mol. The molecule has 7 nitrogen and oxygen atoms in total. The topological polar surface area (TPSA) is 99.0 Å². The number of anilines is 1. The van der Waals surface area contributed by atoms with E-state index in [1.165, 1.54) is 5.56 Å². The number of benzene rings is 1. The molecule has 36 heavy (non-hydrogen) atoms. The van der Waals surface area contributed by atoms with Crippen molar-refractivity contribution in [2.24, 2.45) is 5.92 Å². The number of nitrogens with one attached hydrogen (secondary N) is 1. The smallest absolute Gasteiger partial charge is 0.272 e. The maximum Gasteiger partial charge on any atom is 0.272 e. The lowest BCUT2D eigenvalue weighted by atomic mass is 9.89. The molecule has 0 atom stereocenters. The molecule has 1 aliphatic rings. The second-order valence-electron chi connectivity index (χ2n) is 9.78. The quantitative estimate of drug-likeness (QED) is 0.526. The Morgan fingerprint density at radius 1 is 1.08 bits per heavy atom. The summed E-state index contributed by atoms with van der Waals surface area (Å²) in [5.74, 6) is 0.454. The predicted octanol–water partition coefficient (Wildman–Crippen LogP) is 5.13. The molecule has 1 aliphatic heterocycles. The molecule has 4 rings (SSSR count). The third-order valence-electron chi connectivity index (χ3n) is 6.57. The highest BCUT2D eigenvalue weighted by atomic mass is 16.2. The van der Waals surface area contributed by atoms with E-state index < -0.39 is 0 Å². The molecule has 2 amide bonds. The molecule has 1 N–H and O–H groups in total. The summed E-state index contributed by atoms with van der Waals surface area (Å²) in [7, 11) is 0. The minimum Gasteiger partial charge on any atom is -0.337 e. The molecule has 0 bridgehead atoms. The van der Waals surface area contributed by atoms with Gasteiger partial charge in [0.05, 0.1) is 17.2 Å². The molecule has 0 aliphatic carbocycles. The van der Waals surface area contributed by atoms with E-state index in [9.17, 15) is 9.59 Å². The van der Waals surface area contributed by atoms with E-state index in [0.717, 1.165) is 30.5 Å². The number of piperidine rings is 1. The molecule has 1 aromatic carbocycles. The zero-order valence-electron chi connectivity index (χ0n) is 21.0. The normalized spacial score (nSPS) is 13.9. The number of aryl methyl sites for hydroxylation is 1. The van der Waals surface area contributed by atoms with Crippen molar-refractivity contribution in [1.29, 1.82) is 5.26 Å². The van der Waals surface area contributed by atoms with Gasteiger partial charge < -0.3 is 10.2 Å². The van der Waals surface area contributed by atoms with Gasteiger partial charge in [0.25, 0.3) is 11.8 Å². The highest BCUT2D eigenvalue weighted by Crippen LogP contribution is 2.29. The third kappa shape index (κ3) is 5.95. The summed E-state index contributed by atoms with van der Waals surface area (Å²) in [6.07, 6.45) is 5.78. The summed E-state index contributed by atoms with van der Waals surface area (Å²) in [6.45, 7) is 7.38. The van der Waals surface area contributed by atoms with Crippen molar-refractivity contribution in [2.75, 3.05) is 18.4 Å². The first kappa shape index (κ1) is 25.1. The van der Waals surface area contributed by atoms with Crippen LogP contribution in [0.5, 0.6) is 0 Å². The van der Waals surface area contributed by atoms with Crippen LogP contribution in [0.25, 0.3) is 0 Å². The summed E-state index contributed by atoms with van der Waals surface area (Å²) < 4.78 is 0. The molecular formula is C29H31N5O2. The minimum absolute atomic E-state index is 0.136. The van der Waals surface area contributed by atoms with Gasteiger partial charge in [0.1, 0.15) is 5.69 Å². The first-order valence-electron chi connectivity index (χ1n) is 12.4. The van der Waals surface area contributed by atoms with Crippen LogP contribution in [0.4, 0.5) is 5.69 Å². The molecule has 184 valence electrons. The van der Waals surface area contributed by atoms with Gasteiger partial charge in [0.15, 0.2) is 0 Å². The van der Waals surface area contributed by atoms with Crippen LogP contribution in [0.1, 0.15) is 75.8 Å². The van der Waals surface area contributed by atoms with Gasteiger partial charge in [-0.1, -0.05) is 26.0 Å². The number of carbonyl (C=O) groups is 2. The largest absolute Gasteiger partial charge is 0.337 e. The first-order chi connectivity index (χ1) is 17.3. The Balaban J connectivity index is 1.39. The van der Waals surface area contributed by atoms with Crippen LogP contribution in [0, 0.1) is 24.2 Å². The van der Waals surface area contributed by atoms with Crippen molar-refractivity contribution in [3.63, 3.8) is 0 Å². The Labute approximate surface area is 212 Å². The number of amides is 2. The van der Waals surface area contributed by atoms with Crippen LogP contribution in [0.2, 0.25) is 0 Å². The molecule has 0 spiro atoms. The van der Waals surface area contributed by atoms with Crippen molar-refractivity contribution < 1.29 is 9.59 Å². The van der Waals surface area contributed by atoms with Crippen molar-refractivity contribution in [3.05, 3.63) is 88.5 Å². The van der Waals surface area contributed by atoms with E-state index in [1.54, 1.807) is 24.5 Å². The number of aromatic nitrogens is 2. The third-order valence-corrected chi connectivity index (χ3v) is 6.57. The molecule has 7 heteroatoms. The predicted molar refractivity (Wildman–Crippen MR) is 139 cm³/mol. The maximum absolute atomic E-state index is 13.2. The number of likely N-dealkylation sites (tertiary alicyclic amines) is 1. The molecule has 1 saturated heterocycles. The van der Waals surface area contributed by atoms with E-state index in [4.69, 9.17) is 5.26 Å². The van der Waals surface area contributed by atoms with Gasteiger partial charge in [0.2, 0.25) is 0 Å². The van der Waals surface area contributed by atoms with Gasteiger partial charge in [-0.15, -0.1) is 0 Å². The van der Waals surface area contributed by atoms with Gasteiger partial charge in [-0.2, -0.15) is 5.26 Å². The number of nitriles is 1. The number of rotatable bonds is 6. The van der Waals surface area contributed by atoms with Crippen LogP contribution in [-0.4, -0.2) is 39.8 Å². The van der Waals surface area contributed by atoms with E-state index in [-0.39, 0.29) is 11.8 Å². The Kier molecular flexibility index (Phi) is 7.74. The Hall–Kier alpha value is -4.05. The molecule has 2 aromatic heterocycles. The van der Waals surface area contributed by atoms with E-state index >= 15 is 0 Å². The number of hydrogen-bond donors (Lipinski definition) is 1. The van der Waals surface area contributed by atoms with Crippen LogP contribution >= 0.6 is 0 Å². The second-order valence-corrected chi connectivity index (χ2v) is 9.78. The molecule has 1 fully saturated rings. The van der Waals surface area contributed by atoms with Gasteiger partial charge in [-0.3, -0.25) is 19.6 Å². The average molecular weight is 482 g/mol. The minimum atomic E-state index is -0.269. The van der Waals surface area contributed by atoms with Gasteiger partial charge in [-0.05, 0) is 79.5 Å². The lowest BCUT2D eigenvalue weighted by Gasteiger charge is -2.32. The summed E-state index contributed by atoms with van der Waals surface area (Å²) >= 11 is 0. The summed E-state index contributed by atoms with van der Waals surface area (Å²) in [5, 5.41) is 11.9. The van der Waals surface area contributed by atoms with Gasteiger partial charge in [-0.25, -0.2) is 0 Å². The number of nitrogens with zero attached hydrogens (tertiary/aromatic N) is 4. The van der Waals surface area contributed by atoms with E-state index in [0.29, 0.717) is 47.4 Å². The number of hydrogen-bond acceptors (Lipinski definition) is 5. The zero-order valence-corrected chi connectivity index (χ0v) is 21.0. The highest BCUT2D eigenvalue weighted by Gasteiger charge is 2.26. The number of pyridine rings is 2. The van der Waals surface area contributed by atoms with Crippen molar-refractivity contribution in [3.8, 4) is 6.07 Å². The van der Waals surface area contributed by atoms with E-state index in [2.05, 4.69) is 35.2 Å². The van der Waals surface area contributed by atoms with Gasteiger partial charge in [0, 0.05) is 36.9 Å². The average Bonchev–Trinajstić information content (AvgIpc) is 2.89. The summed E-state index contributed by atoms with van der Waals surface area (Å²) in [4.78, 5) is 36.5. The fraction of sp³-hybridized carbons (Fsp3) is 0.345. The van der Waals surface area contributed by atoms with Gasteiger partial charge >= 0.3 is 0 Å². The SMILES string of the molecule is Cc1cnc(C(=O)N2CCC(c3ccc(C#N)cc3)CC2)cc1NC(=O)c1ccc(CC(C)C)nc1. The Morgan fingerprint density at radius 2 is 1.81 bits per heavy atom. The van der Waals surface area contributed by atoms with Crippen molar-refractivity contribution in [1.82, 2.24) is 14.9 Å². The summed E-state index contributed by atoms with van der Waals surface area (Å²) in [5.41, 5.74) is 4.94. The summed E-state index contributed by atoms with van der Waals surface area (Å²) in [6, 6.07) is 15.2. The molecule has 3 aromatic rings.